The van der Waals surface area contributed by atoms with Gasteiger partial charge in [-0.1, -0.05) is 76.6 Å². The van der Waals surface area contributed by atoms with E-state index in [-0.39, 0.29) is 34.1 Å². The minimum atomic E-state index is -0.314. The van der Waals surface area contributed by atoms with Gasteiger partial charge in [0.15, 0.2) is 5.78 Å². The molecule has 0 amide bonds. The number of rotatable bonds is 14. The fourth-order valence-corrected chi connectivity index (χ4v) is 4.95. The maximum atomic E-state index is 13.5. The van der Waals surface area contributed by atoms with Gasteiger partial charge in [-0.15, -0.1) is 0 Å². The Morgan fingerprint density at radius 3 is 1.80 bits per heavy atom. The van der Waals surface area contributed by atoms with Crippen LogP contribution in [0.15, 0.2) is 60.7 Å². The first-order chi connectivity index (χ1) is 19.4. The summed E-state index contributed by atoms with van der Waals surface area (Å²) < 4.78 is 11.7. The van der Waals surface area contributed by atoms with E-state index in [4.69, 9.17) is 20.6 Å². The monoisotopic (exact) mass is 540 g/mol. The SMILES string of the molecule is CCCCCCOc1ccc(C2=CC(=N)c3c(O)c(-c4ccc(OCCCCCC)cc4)cc(N)c3C2=O)cc1. The second-order valence-corrected chi connectivity index (χ2v) is 10.3. The molecule has 210 valence electrons. The standard InChI is InChI=1S/C34H40N2O4/c1-3-5-7-9-19-39-25-15-11-23(12-16-25)27-21-29(35)32-31(33(27)37)30(36)22-28(34(32)38)24-13-17-26(18-14-24)40-20-10-8-6-4-2/h11-18,21-22,35,38H,3-10,19-20,36H2,1-2H3. The van der Waals surface area contributed by atoms with Crippen molar-refractivity contribution in [3.63, 3.8) is 0 Å². The van der Waals surface area contributed by atoms with Crippen LogP contribution in [0, 0.1) is 5.41 Å². The van der Waals surface area contributed by atoms with Crippen LogP contribution in [0.4, 0.5) is 5.69 Å². The van der Waals surface area contributed by atoms with Crippen LogP contribution in [0.5, 0.6) is 17.2 Å². The Balaban J connectivity index is 1.50. The summed E-state index contributed by atoms with van der Waals surface area (Å²) in [6.45, 7) is 5.68. The summed E-state index contributed by atoms with van der Waals surface area (Å²) in [6, 6.07) is 16.3. The molecule has 0 atom stereocenters. The van der Waals surface area contributed by atoms with Crippen molar-refractivity contribution in [1.29, 1.82) is 5.41 Å². The average Bonchev–Trinajstić information content (AvgIpc) is 2.96. The zero-order valence-corrected chi connectivity index (χ0v) is 23.6. The van der Waals surface area contributed by atoms with Crippen molar-refractivity contribution in [2.75, 3.05) is 18.9 Å². The fraction of sp³-hybridized carbons (Fsp3) is 0.353. The molecular weight excluding hydrogens is 500 g/mol. The lowest BCUT2D eigenvalue weighted by atomic mass is 9.82. The number of unbranched alkanes of at least 4 members (excludes halogenated alkanes) is 6. The molecule has 0 saturated heterocycles. The molecule has 0 fully saturated rings. The third-order valence-electron chi connectivity index (χ3n) is 7.22. The quantitative estimate of drug-likeness (QED) is 0.109. The van der Waals surface area contributed by atoms with Crippen molar-refractivity contribution < 1.29 is 19.4 Å². The molecule has 3 aromatic rings. The summed E-state index contributed by atoms with van der Waals surface area (Å²) >= 11 is 0. The molecule has 4 rings (SSSR count). The number of allylic oxidation sites excluding steroid dienone is 2. The first-order valence-electron chi connectivity index (χ1n) is 14.4. The van der Waals surface area contributed by atoms with Gasteiger partial charge in [0, 0.05) is 16.8 Å². The molecule has 0 saturated carbocycles. The summed E-state index contributed by atoms with van der Waals surface area (Å²) in [5.74, 6) is 1.06. The van der Waals surface area contributed by atoms with Crippen molar-refractivity contribution in [2.24, 2.45) is 0 Å². The van der Waals surface area contributed by atoms with Crippen LogP contribution in [-0.2, 0) is 0 Å². The van der Waals surface area contributed by atoms with Crippen LogP contribution in [0.2, 0.25) is 0 Å². The number of phenolic OH excluding ortho intramolecular Hbond substituents is 1. The van der Waals surface area contributed by atoms with Crippen molar-refractivity contribution in [1.82, 2.24) is 0 Å². The molecule has 0 radical (unpaired) electrons. The number of carbonyl (C=O) groups is 1. The Morgan fingerprint density at radius 1 is 0.750 bits per heavy atom. The molecule has 0 bridgehead atoms. The molecule has 4 N–H and O–H groups in total. The lowest BCUT2D eigenvalue weighted by Crippen LogP contribution is -2.19. The predicted molar refractivity (Wildman–Crippen MR) is 163 cm³/mol. The van der Waals surface area contributed by atoms with Crippen molar-refractivity contribution in [2.45, 2.75) is 65.2 Å². The smallest absolute Gasteiger partial charge is 0.196 e. The van der Waals surface area contributed by atoms with Gasteiger partial charge in [0.05, 0.1) is 30.1 Å². The Hall–Kier alpha value is -4.06. The number of nitrogens with one attached hydrogen (secondary N) is 1. The van der Waals surface area contributed by atoms with Crippen LogP contribution in [-0.4, -0.2) is 29.8 Å². The number of ketones is 1. The molecule has 1 aliphatic carbocycles. The number of hydrogen-bond acceptors (Lipinski definition) is 6. The second-order valence-electron chi connectivity index (χ2n) is 10.3. The average molecular weight is 541 g/mol. The Labute approximate surface area is 237 Å². The highest BCUT2D eigenvalue weighted by molar-refractivity contribution is 6.41. The molecule has 0 aromatic heterocycles. The van der Waals surface area contributed by atoms with E-state index in [1.165, 1.54) is 31.8 Å². The highest BCUT2D eigenvalue weighted by Crippen LogP contribution is 2.42. The van der Waals surface area contributed by atoms with E-state index < -0.39 is 0 Å². The number of nitrogens with two attached hydrogens (primary N) is 1. The van der Waals surface area contributed by atoms with Gasteiger partial charge in [-0.2, -0.15) is 0 Å². The number of nitrogen functional groups attached to an aromatic ring is 1. The molecule has 3 aromatic carbocycles. The van der Waals surface area contributed by atoms with Gasteiger partial charge in [0.2, 0.25) is 0 Å². The van der Waals surface area contributed by atoms with Gasteiger partial charge in [-0.25, -0.2) is 0 Å². The number of ether oxygens (including phenoxy) is 2. The van der Waals surface area contributed by atoms with Gasteiger partial charge in [-0.3, -0.25) is 4.79 Å². The van der Waals surface area contributed by atoms with E-state index in [2.05, 4.69) is 13.8 Å². The van der Waals surface area contributed by atoms with Crippen LogP contribution in [0.25, 0.3) is 16.7 Å². The molecule has 0 unspecified atom stereocenters. The minimum absolute atomic E-state index is 0.0407. The number of phenols is 1. The predicted octanol–water partition coefficient (Wildman–Crippen LogP) is 8.21. The first kappa shape index (κ1) is 28.9. The number of carbonyl (C=O) groups excluding carboxylic acids is 1. The molecule has 0 spiro atoms. The number of fused-ring (bicyclic) bond motifs is 1. The van der Waals surface area contributed by atoms with Crippen LogP contribution < -0.4 is 15.2 Å². The summed E-state index contributed by atoms with van der Waals surface area (Å²) in [4.78, 5) is 13.5. The van der Waals surface area contributed by atoms with Crippen LogP contribution >= 0.6 is 0 Å². The molecular formula is C34H40N2O4. The fourth-order valence-electron chi connectivity index (χ4n) is 4.95. The van der Waals surface area contributed by atoms with Crippen LogP contribution in [0.1, 0.15) is 86.7 Å². The third kappa shape index (κ3) is 6.74. The molecule has 40 heavy (non-hydrogen) atoms. The number of aromatic hydroxyl groups is 1. The number of benzene rings is 3. The zero-order valence-electron chi connectivity index (χ0n) is 23.6. The van der Waals surface area contributed by atoms with Gasteiger partial charge in [0.1, 0.15) is 17.2 Å². The Bertz CT molecular complexity index is 1360. The van der Waals surface area contributed by atoms with Gasteiger partial charge >= 0.3 is 0 Å². The topological polar surface area (TPSA) is 106 Å². The van der Waals surface area contributed by atoms with Crippen LogP contribution in [0.3, 0.4) is 0 Å². The first-order valence-corrected chi connectivity index (χ1v) is 14.4. The summed E-state index contributed by atoms with van der Waals surface area (Å²) in [6.07, 6.45) is 10.6. The number of anilines is 1. The Morgan fingerprint density at radius 2 is 1.27 bits per heavy atom. The Kier molecular flexibility index (Phi) is 10.0. The van der Waals surface area contributed by atoms with E-state index in [1.807, 2.05) is 48.5 Å². The maximum absolute atomic E-state index is 13.5. The van der Waals surface area contributed by atoms with E-state index >= 15 is 0 Å². The van der Waals surface area contributed by atoms with Gasteiger partial charge in [-0.05, 0) is 60.4 Å². The van der Waals surface area contributed by atoms with E-state index in [0.717, 1.165) is 42.7 Å². The number of Topliss-reactive ketones (excluding diaryl/α,β-unsaturated/α-hetero) is 1. The van der Waals surface area contributed by atoms with E-state index in [1.54, 1.807) is 6.07 Å². The molecule has 1 aliphatic rings. The zero-order chi connectivity index (χ0) is 28.5. The molecule has 6 nitrogen and oxygen atoms in total. The summed E-state index contributed by atoms with van der Waals surface area (Å²) in [7, 11) is 0. The normalized spacial score (nSPS) is 12.7. The third-order valence-corrected chi connectivity index (χ3v) is 7.22. The number of hydrogen-bond donors (Lipinski definition) is 3. The van der Waals surface area contributed by atoms with Gasteiger partial charge < -0.3 is 25.7 Å². The highest BCUT2D eigenvalue weighted by Gasteiger charge is 2.31. The molecule has 0 heterocycles. The van der Waals surface area contributed by atoms with Gasteiger partial charge in [0.25, 0.3) is 0 Å². The lowest BCUT2D eigenvalue weighted by Gasteiger charge is -2.22. The second kappa shape index (κ2) is 13.8. The summed E-state index contributed by atoms with van der Waals surface area (Å²) in [5, 5.41) is 19.9. The summed E-state index contributed by atoms with van der Waals surface area (Å²) in [5.41, 5.74) is 9.22. The van der Waals surface area contributed by atoms with E-state index in [9.17, 15) is 9.90 Å². The van der Waals surface area contributed by atoms with Crippen molar-refractivity contribution in [3.05, 3.63) is 77.4 Å². The highest BCUT2D eigenvalue weighted by atomic mass is 16.5. The minimum Gasteiger partial charge on any atom is -0.507 e. The van der Waals surface area contributed by atoms with E-state index in [0.29, 0.717) is 29.9 Å². The lowest BCUT2D eigenvalue weighted by molar-refractivity contribution is 0.105. The van der Waals surface area contributed by atoms with Crippen molar-refractivity contribution in [3.8, 4) is 28.4 Å². The van der Waals surface area contributed by atoms with Crippen molar-refractivity contribution >= 4 is 22.8 Å². The molecule has 0 aliphatic heterocycles. The maximum Gasteiger partial charge on any atom is 0.196 e. The largest absolute Gasteiger partial charge is 0.507 e. The molecule has 6 heteroatoms.